The van der Waals surface area contributed by atoms with Crippen molar-refractivity contribution in [2.24, 2.45) is 0 Å². The van der Waals surface area contributed by atoms with Crippen molar-refractivity contribution in [1.29, 1.82) is 0 Å². The van der Waals surface area contributed by atoms with Crippen LogP contribution in [0.5, 0.6) is 0 Å². The van der Waals surface area contributed by atoms with Crippen LogP contribution >= 0.6 is 0 Å². The fourth-order valence-electron chi connectivity index (χ4n) is 3.17. The van der Waals surface area contributed by atoms with Gasteiger partial charge in [0.05, 0.1) is 11.2 Å². The average molecular weight is 337 g/mol. The third kappa shape index (κ3) is 4.15. The summed E-state index contributed by atoms with van der Waals surface area (Å²) in [4.78, 5) is 13.9. The van der Waals surface area contributed by atoms with Gasteiger partial charge in [-0.05, 0) is 59.9 Å². The monoisotopic (exact) mass is 337 g/mol. The lowest BCUT2D eigenvalue weighted by Crippen LogP contribution is -2.44. The second-order valence-corrected chi connectivity index (χ2v) is 8.51. The summed E-state index contributed by atoms with van der Waals surface area (Å²) in [6.07, 6.45) is 4.56. The van der Waals surface area contributed by atoms with Gasteiger partial charge in [0.2, 0.25) is 0 Å². The molecule has 1 unspecified atom stereocenters. The fourth-order valence-corrected chi connectivity index (χ4v) is 3.17. The van der Waals surface area contributed by atoms with E-state index in [1.54, 1.807) is 4.90 Å². The van der Waals surface area contributed by atoms with E-state index in [4.69, 9.17) is 14.0 Å². The summed E-state index contributed by atoms with van der Waals surface area (Å²) < 4.78 is 17.9. The summed E-state index contributed by atoms with van der Waals surface area (Å²) in [5, 5.41) is 0. The number of nitrogens with zero attached hydrogens (tertiary/aromatic N) is 1. The molecule has 2 aliphatic rings. The normalized spacial score (nSPS) is 27.2. The van der Waals surface area contributed by atoms with Gasteiger partial charge in [-0.15, -0.1) is 0 Å². The van der Waals surface area contributed by atoms with Gasteiger partial charge in [-0.2, -0.15) is 0 Å². The van der Waals surface area contributed by atoms with E-state index >= 15 is 0 Å². The molecule has 5 nitrogen and oxygen atoms in total. The summed E-state index contributed by atoms with van der Waals surface area (Å²) in [6, 6.07) is 0. The maximum Gasteiger partial charge on any atom is 0.490 e. The molecule has 136 valence electrons. The van der Waals surface area contributed by atoms with Crippen LogP contribution in [0, 0.1) is 0 Å². The van der Waals surface area contributed by atoms with Gasteiger partial charge in [-0.25, -0.2) is 4.79 Å². The van der Waals surface area contributed by atoms with E-state index in [0.717, 1.165) is 24.7 Å². The van der Waals surface area contributed by atoms with Gasteiger partial charge in [0.1, 0.15) is 5.60 Å². The van der Waals surface area contributed by atoms with Crippen LogP contribution in [0.4, 0.5) is 4.79 Å². The van der Waals surface area contributed by atoms with E-state index in [9.17, 15) is 4.79 Å². The predicted octanol–water partition coefficient (Wildman–Crippen LogP) is 3.97. The van der Waals surface area contributed by atoms with Crippen LogP contribution in [-0.4, -0.2) is 48.0 Å². The maximum absolute atomic E-state index is 12.1. The Balaban J connectivity index is 2.00. The zero-order chi connectivity index (χ0) is 18.2. The highest BCUT2D eigenvalue weighted by Gasteiger charge is 2.54. The average Bonchev–Trinajstić information content (AvgIpc) is 2.68. The van der Waals surface area contributed by atoms with E-state index in [-0.39, 0.29) is 24.4 Å². The Kier molecular flexibility index (Phi) is 5.41. The fraction of sp³-hybridized carbons (Fsp3) is 0.833. The molecule has 1 atom stereocenters. The minimum atomic E-state index is -0.468. The van der Waals surface area contributed by atoms with Crippen molar-refractivity contribution in [2.75, 3.05) is 13.1 Å². The summed E-state index contributed by atoms with van der Waals surface area (Å²) in [6.45, 7) is 15.3. The van der Waals surface area contributed by atoms with Gasteiger partial charge < -0.3 is 18.9 Å². The lowest BCUT2D eigenvalue weighted by molar-refractivity contribution is -0.0159. The van der Waals surface area contributed by atoms with Crippen LogP contribution in [0.2, 0.25) is 0 Å². The summed E-state index contributed by atoms with van der Waals surface area (Å²) in [7, 11) is -0.308. The van der Waals surface area contributed by atoms with Gasteiger partial charge in [0, 0.05) is 13.1 Å². The molecule has 2 heterocycles. The first-order valence-corrected chi connectivity index (χ1v) is 9.00. The molecule has 1 saturated heterocycles. The molecule has 24 heavy (non-hydrogen) atoms. The molecule has 1 fully saturated rings. The number of amides is 1. The van der Waals surface area contributed by atoms with Crippen molar-refractivity contribution in [3.63, 3.8) is 0 Å². The first-order valence-electron chi connectivity index (χ1n) is 9.00. The molecule has 0 bridgehead atoms. The first kappa shape index (κ1) is 19.3. The van der Waals surface area contributed by atoms with Crippen LogP contribution in [-0.2, 0) is 14.0 Å². The Morgan fingerprint density at radius 3 is 2.50 bits per heavy atom. The molecule has 0 radical (unpaired) electrons. The minimum absolute atomic E-state index is 0.262. The third-order valence-corrected chi connectivity index (χ3v) is 4.97. The molecule has 0 N–H and O–H groups in total. The molecule has 6 heteroatoms. The Morgan fingerprint density at radius 2 is 2.00 bits per heavy atom. The first-order chi connectivity index (χ1) is 11.0. The molecule has 0 spiro atoms. The van der Waals surface area contributed by atoms with Crippen molar-refractivity contribution in [3.8, 4) is 0 Å². The van der Waals surface area contributed by atoms with Crippen LogP contribution in [0.3, 0.4) is 0 Å². The van der Waals surface area contributed by atoms with E-state index in [1.807, 2.05) is 26.8 Å². The van der Waals surface area contributed by atoms with E-state index in [0.29, 0.717) is 13.1 Å². The molecule has 2 aliphatic heterocycles. The van der Waals surface area contributed by atoms with Crippen LogP contribution in [0.15, 0.2) is 11.5 Å². The van der Waals surface area contributed by atoms with Crippen molar-refractivity contribution < 1.29 is 18.8 Å². The van der Waals surface area contributed by atoms with Crippen molar-refractivity contribution >= 4 is 13.2 Å². The Bertz CT molecular complexity index is 512. The zero-order valence-corrected chi connectivity index (χ0v) is 16.3. The second-order valence-electron chi connectivity index (χ2n) is 8.51. The molecule has 1 amide bonds. The van der Waals surface area contributed by atoms with E-state index in [1.165, 1.54) is 0 Å². The van der Waals surface area contributed by atoms with Gasteiger partial charge in [0.25, 0.3) is 0 Å². The molecule has 2 rings (SSSR count). The smallest absolute Gasteiger partial charge is 0.444 e. The highest BCUT2D eigenvalue weighted by atomic mass is 16.7. The van der Waals surface area contributed by atoms with E-state index < -0.39 is 5.60 Å². The van der Waals surface area contributed by atoms with Crippen molar-refractivity contribution in [1.82, 2.24) is 4.90 Å². The molecule has 0 aromatic carbocycles. The van der Waals surface area contributed by atoms with Crippen LogP contribution in [0.1, 0.15) is 67.7 Å². The Hall–Kier alpha value is -1.01. The number of hydrogen-bond acceptors (Lipinski definition) is 4. The number of ether oxygens (including phenoxy) is 1. The topological polar surface area (TPSA) is 48.0 Å². The molecular weight excluding hydrogens is 305 g/mol. The third-order valence-electron chi connectivity index (χ3n) is 4.97. The van der Waals surface area contributed by atoms with Crippen molar-refractivity contribution in [3.05, 3.63) is 11.5 Å². The van der Waals surface area contributed by atoms with Crippen LogP contribution < -0.4 is 0 Å². The molecule has 0 saturated carbocycles. The van der Waals surface area contributed by atoms with Gasteiger partial charge in [0.15, 0.2) is 0 Å². The van der Waals surface area contributed by atoms with Gasteiger partial charge in [-0.1, -0.05) is 19.4 Å². The number of carbonyl (C=O) groups excluding carboxylic acids is 1. The number of hydrogen-bond donors (Lipinski definition) is 0. The molecule has 0 aromatic rings. The highest BCUT2D eigenvalue weighted by molar-refractivity contribution is 6.54. The number of carbonyl (C=O) groups is 1. The molecule has 0 aromatic heterocycles. The molecule has 0 aliphatic carbocycles. The predicted molar refractivity (Wildman–Crippen MR) is 95.8 cm³/mol. The Morgan fingerprint density at radius 1 is 1.33 bits per heavy atom. The lowest BCUT2D eigenvalue weighted by Gasteiger charge is -2.36. The highest BCUT2D eigenvalue weighted by Crippen LogP contribution is 2.42. The summed E-state index contributed by atoms with van der Waals surface area (Å²) >= 11 is 0. The standard InChI is InChI=1S/C18H32BNO4/c1-8-11-18(7)17(5,6)23-19(24-18)14-9-12-20(13-10-14)15(21)22-16(2,3)4/h9H,8,10-13H2,1-7H3. The van der Waals surface area contributed by atoms with Gasteiger partial charge >= 0.3 is 13.2 Å². The largest absolute Gasteiger partial charge is 0.490 e. The quantitative estimate of drug-likeness (QED) is 0.731. The van der Waals surface area contributed by atoms with Crippen LogP contribution in [0.25, 0.3) is 0 Å². The van der Waals surface area contributed by atoms with Crippen molar-refractivity contribution in [2.45, 2.75) is 84.5 Å². The van der Waals surface area contributed by atoms with E-state index in [2.05, 4.69) is 27.7 Å². The zero-order valence-electron chi connectivity index (χ0n) is 16.3. The Labute approximate surface area is 146 Å². The molecular formula is C18H32BNO4. The summed E-state index contributed by atoms with van der Waals surface area (Å²) in [5.41, 5.74) is 0.0552. The maximum atomic E-state index is 12.1. The lowest BCUT2D eigenvalue weighted by atomic mass is 9.75. The van der Waals surface area contributed by atoms with Gasteiger partial charge in [-0.3, -0.25) is 0 Å². The summed E-state index contributed by atoms with van der Waals surface area (Å²) in [5.74, 6) is 0. The minimum Gasteiger partial charge on any atom is -0.444 e. The SMILES string of the molecule is CCCC1(C)OB(C2=CCN(C(=O)OC(C)(C)C)CC2)OC1(C)C. The second kappa shape index (κ2) is 6.72. The number of rotatable bonds is 3.